The Morgan fingerprint density at radius 1 is 1.29 bits per heavy atom. The van der Waals surface area contributed by atoms with Gasteiger partial charge in [0.2, 0.25) is 5.95 Å². The molecule has 34 heavy (non-hydrogen) atoms. The number of imidazole rings is 1. The number of rotatable bonds is 5. The van der Waals surface area contributed by atoms with Gasteiger partial charge in [-0.15, -0.1) is 0 Å². The Labute approximate surface area is 200 Å². The van der Waals surface area contributed by atoms with Crippen molar-refractivity contribution in [1.82, 2.24) is 19.5 Å². The van der Waals surface area contributed by atoms with Crippen LogP contribution in [0, 0.1) is 5.82 Å². The number of nitrogens with zero attached hydrogens (tertiary/aromatic N) is 4. The molecule has 0 amide bonds. The number of nitrogens with two attached hydrogens (primary N) is 1. The molecule has 3 aliphatic rings. The lowest BCUT2D eigenvalue weighted by molar-refractivity contribution is -0.156. The zero-order valence-corrected chi connectivity index (χ0v) is 19.5. The van der Waals surface area contributed by atoms with E-state index in [4.69, 9.17) is 26.8 Å². The molecule has 1 aromatic carbocycles. The summed E-state index contributed by atoms with van der Waals surface area (Å²) >= 11 is 6.45. The van der Waals surface area contributed by atoms with Crippen LogP contribution in [0.5, 0.6) is 0 Å². The molecule has 2 aromatic heterocycles. The highest BCUT2D eigenvalue weighted by Crippen LogP contribution is 2.42. The van der Waals surface area contributed by atoms with Gasteiger partial charge in [0.25, 0.3) is 0 Å². The number of aliphatic hydroxyl groups is 1. The number of halogens is 2. The van der Waals surface area contributed by atoms with E-state index >= 15 is 4.39 Å². The van der Waals surface area contributed by atoms with E-state index in [1.807, 2.05) is 24.5 Å². The Bertz CT molecular complexity index is 1270. The van der Waals surface area contributed by atoms with Gasteiger partial charge in [-0.3, -0.25) is 0 Å². The second-order valence-electron chi connectivity index (χ2n) is 9.59. The lowest BCUT2D eigenvalue weighted by Gasteiger charge is -2.32. The van der Waals surface area contributed by atoms with Crippen molar-refractivity contribution in [2.24, 2.45) is 5.73 Å². The largest absolute Gasteiger partial charge is 0.386 e. The van der Waals surface area contributed by atoms with Crippen LogP contribution in [0.2, 0.25) is 5.02 Å². The maximum absolute atomic E-state index is 15.2. The van der Waals surface area contributed by atoms with Crippen LogP contribution >= 0.6 is 11.6 Å². The summed E-state index contributed by atoms with van der Waals surface area (Å²) in [6, 6.07) is 3.05. The third-order valence-corrected chi connectivity index (χ3v) is 7.05. The molecule has 2 aliphatic heterocycles. The summed E-state index contributed by atoms with van der Waals surface area (Å²) in [7, 11) is 0. The number of ether oxygens (including phenoxy) is 2. The van der Waals surface area contributed by atoms with Crippen LogP contribution in [0.1, 0.15) is 44.5 Å². The monoisotopic (exact) mass is 488 g/mol. The Morgan fingerprint density at radius 2 is 2.09 bits per heavy atom. The first-order valence-corrected chi connectivity index (χ1v) is 11.9. The van der Waals surface area contributed by atoms with Crippen LogP contribution in [0.15, 0.2) is 18.3 Å². The van der Waals surface area contributed by atoms with Crippen molar-refractivity contribution in [3.8, 4) is 11.3 Å². The zero-order valence-electron chi connectivity index (χ0n) is 18.8. The molecule has 6 rings (SSSR count). The van der Waals surface area contributed by atoms with Gasteiger partial charge in [0, 0.05) is 23.6 Å². The minimum Gasteiger partial charge on any atom is -0.386 e. The van der Waals surface area contributed by atoms with E-state index in [-0.39, 0.29) is 36.1 Å². The summed E-state index contributed by atoms with van der Waals surface area (Å²) in [4.78, 5) is 13.4. The molecule has 6 atom stereocenters. The van der Waals surface area contributed by atoms with Gasteiger partial charge in [0.1, 0.15) is 17.4 Å². The fourth-order valence-corrected chi connectivity index (χ4v) is 5.16. The molecule has 4 heterocycles. The van der Waals surface area contributed by atoms with Crippen LogP contribution in [0.25, 0.3) is 22.3 Å². The van der Waals surface area contributed by atoms with Crippen LogP contribution in [-0.2, 0) is 9.47 Å². The standard InChI is InChI=1S/C23H26ClFN6O3/c1-9(2)31-17-4-10(3-14(25)19(17)29-21(31)12-6-15(12)26)18-13(24)7-27-23(30-18)28-16-5-11-8-33-22(34-11)20(16)32/h3-4,7,9,11-12,15-16,20,22,32H,5-6,8,26H2,1-2H3,(H,27,28,30)/t11-,12+,15+,16+,20-,22+/m0/s1. The van der Waals surface area contributed by atoms with Crippen LogP contribution < -0.4 is 11.1 Å². The molecule has 4 N–H and O–H groups in total. The number of nitrogens with one attached hydrogen (secondary N) is 1. The molecule has 11 heteroatoms. The van der Waals surface area contributed by atoms with Crippen molar-refractivity contribution in [3.05, 3.63) is 35.0 Å². The van der Waals surface area contributed by atoms with Gasteiger partial charge in [-0.2, -0.15) is 0 Å². The van der Waals surface area contributed by atoms with E-state index in [1.165, 1.54) is 12.3 Å². The predicted molar refractivity (Wildman–Crippen MR) is 124 cm³/mol. The average molecular weight is 489 g/mol. The summed E-state index contributed by atoms with van der Waals surface area (Å²) < 4.78 is 28.3. The maximum Gasteiger partial charge on any atom is 0.223 e. The minimum absolute atomic E-state index is 0.0583. The number of hydrogen-bond acceptors (Lipinski definition) is 8. The normalized spacial score (nSPS) is 30.3. The van der Waals surface area contributed by atoms with E-state index in [0.29, 0.717) is 40.3 Å². The van der Waals surface area contributed by atoms with E-state index < -0.39 is 18.2 Å². The number of fused-ring (bicyclic) bond motifs is 3. The van der Waals surface area contributed by atoms with Gasteiger partial charge in [0.15, 0.2) is 12.1 Å². The van der Waals surface area contributed by atoms with Gasteiger partial charge >= 0.3 is 0 Å². The third kappa shape index (κ3) is 3.64. The summed E-state index contributed by atoms with van der Waals surface area (Å²) in [6.07, 6.45) is 1.27. The second kappa shape index (κ2) is 8.10. The van der Waals surface area contributed by atoms with Gasteiger partial charge in [0.05, 0.1) is 41.2 Å². The highest BCUT2D eigenvalue weighted by molar-refractivity contribution is 6.33. The SMILES string of the molecule is CC(C)n1c([C@@H]2C[C@H]2N)nc2c(F)cc(-c3nc(N[C@@H]4C[C@H]5CO[C@H](O5)[C@H]4O)ncc3Cl)cc21. The first kappa shape index (κ1) is 22.1. The molecule has 180 valence electrons. The summed E-state index contributed by atoms with van der Waals surface area (Å²) in [5.41, 5.74) is 7.97. The van der Waals surface area contributed by atoms with Crippen molar-refractivity contribution in [2.75, 3.05) is 11.9 Å². The lowest BCUT2D eigenvalue weighted by atomic mass is 10.0. The Balaban J connectivity index is 1.38. The van der Waals surface area contributed by atoms with Gasteiger partial charge in [-0.1, -0.05) is 11.6 Å². The number of aliphatic hydroxyl groups excluding tert-OH is 1. The number of benzene rings is 1. The molecule has 0 spiro atoms. The summed E-state index contributed by atoms with van der Waals surface area (Å²) in [5.74, 6) is 0.795. The van der Waals surface area contributed by atoms with E-state index in [2.05, 4.69) is 20.3 Å². The number of aromatic nitrogens is 4. The molecular formula is C23H26ClFN6O3. The molecule has 3 aromatic rings. The molecule has 0 radical (unpaired) electrons. The smallest absolute Gasteiger partial charge is 0.223 e. The number of hydrogen-bond donors (Lipinski definition) is 3. The molecule has 1 aliphatic carbocycles. The highest BCUT2D eigenvalue weighted by Gasteiger charge is 2.43. The third-order valence-electron chi connectivity index (χ3n) is 6.78. The minimum atomic E-state index is -0.858. The molecule has 0 unspecified atom stereocenters. The van der Waals surface area contributed by atoms with Gasteiger partial charge in [-0.25, -0.2) is 19.3 Å². The summed E-state index contributed by atoms with van der Waals surface area (Å²) in [5, 5.41) is 14.0. The zero-order chi connectivity index (χ0) is 23.7. The van der Waals surface area contributed by atoms with Crippen molar-refractivity contribution >= 4 is 28.6 Å². The Kier molecular flexibility index (Phi) is 5.27. The van der Waals surface area contributed by atoms with Gasteiger partial charge in [-0.05, 0) is 38.8 Å². The molecular weight excluding hydrogens is 463 g/mol. The molecule has 3 fully saturated rings. The Hall–Kier alpha value is -2.37. The van der Waals surface area contributed by atoms with Crippen molar-refractivity contribution in [3.63, 3.8) is 0 Å². The van der Waals surface area contributed by atoms with Crippen LogP contribution in [0.3, 0.4) is 0 Å². The average Bonchev–Trinajstić information content (AvgIpc) is 3.21. The molecule has 1 saturated carbocycles. The maximum atomic E-state index is 15.2. The summed E-state index contributed by atoms with van der Waals surface area (Å²) in [6.45, 7) is 4.53. The first-order valence-electron chi connectivity index (χ1n) is 11.5. The van der Waals surface area contributed by atoms with Crippen molar-refractivity contribution in [1.29, 1.82) is 0 Å². The fourth-order valence-electron chi connectivity index (χ4n) is 4.96. The van der Waals surface area contributed by atoms with E-state index in [1.54, 1.807) is 0 Å². The quantitative estimate of drug-likeness (QED) is 0.501. The van der Waals surface area contributed by atoms with Crippen molar-refractivity contribution < 1.29 is 19.0 Å². The highest BCUT2D eigenvalue weighted by atomic mass is 35.5. The molecule has 2 saturated heterocycles. The van der Waals surface area contributed by atoms with Crippen LogP contribution in [0.4, 0.5) is 10.3 Å². The Morgan fingerprint density at radius 3 is 2.82 bits per heavy atom. The molecule has 9 nitrogen and oxygen atoms in total. The van der Waals surface area contributed by atoms with Crippen molar-refractivity contribution in [2.45, 2.75) is 69.2 Å². The lowest BCUT2D eigenvalue weighted by Crippen LogP contribution is -2.48. The number of anilines is 1. The van der Waals surface area contributed by atoms with Gasteiger partial charge < -0.3 is 30.2 Å². The topological polar surface area (TPSA) is 120 Å². The molecule has 2 bridgehead atoms. The fraction of sp³-hybridized carbons (Fsp3) is 0.522. The second-order valence-corrected chi connectivity index (χ2v) is 10.00. The first-order chi connectivity index (χ1) is 16.3. The predicted octanol–water partition coefficient (Wildman–Crippen LogP) is 2.97. The van der Waals surface area contributed by atoms with Crippen LogP contribution in [-0.4, -0.2) is 61.8 Å². The van der Waals surface area contributed by atoms with E-state index in [0.717, 1.165) is 12.2 Å². The van der Waals surface area contributed by atoms with E-state index in [9.17, 15) is 5.11 Å².